The Kier molecular flexibility index (Phi) is 5.72. The lowest BCUT2D eigenvalue weighted by Crippen LogP contribution is -2.44. The highest BCUT2D eigenvalue weighted by atomic mass is 16.2. The Hall–Kier alpha value is -3.45. The van der Waals surface area contributed by atoms with Gasteiger partial charge in [-0.3, -0.25) is 14.7 Å². The molecule has 3 aliphatic heterocycles. The van der Waals surface area contributed by atoms with Gasteiger partial charge in [0, 0.05) is 49.7 Å². The normalized spacial score (nSPS) is 20.8. The molecule has 0 bridgehead atoms. The predicted molar refractivity (Wildman–Crippen MR) is 130 cm³/mol. The fourth-order valence-corrected chi connectivity index (χ4v) is 4.49. The zero-order valence-corrected chi connectivity index (χ0v) is 19.5. The van der Waals surface area contributed by atoms with E-state index in [1.54, 1.807) is 11.0 Å². The van der Waals surface area contributed by atoms with Gasteiger partial charge >= 0.3 is 0 Å². The molecular weight excluding hydrogens is 412 g/mol. The number of rotatable bonds is 4. The summed E-state index contributed by atoms with van der Waals surface area (Å²) in [6, 6.07) is 2.04. The molecule has 3 aliphatic rings. The maximum atomic E-state index is 13.3. The topological polar surface area (TPSA) is 57.0 Å². The summed E-state index contributed by atoms with van der Waals surface area (Å²) in [7, 11) is 2.14. The highest BCUT2D eigenvalue weighted by molar-refractivity contribution is 5.99. The van der Waals surface area contributed by atoms with Crippen LogP contribution < -0.4 is 0 Å². The first-order chi connectivity index (χ1) is 16.0. The van der Waals surface area contributed by atoms with Gasteiger partial charge in [-0.05, 0) is 44.7 Å². The van der Waals surface area contributed by atoms with Gasteiger partial charge in [0.2, 0.25) is 0 Å². The third kappa shape index (κ3) is 4.28. The third-order valence-corrected chi connectivity index (χ3v) is 6.33. The summed E-state index contributed by atoms with van der Waals surface area (Å²) in [6.45, 7) is 8.11. The first-order valence-corrected chi connectivity index (χ1v) is 11.6. The SMILES string of the molecule is CCCc1nc(C)cn2nc(C3=CC(=O)N4C=C(N5CCN(C)CC5)C=C/C4=C\C=C3)cc12. The standard InChI is InChI=1S/C26H30N6O/c1-4-6-23-25-16-24(28-32(25)17-19(2)27-23)20-7-5-8-21-9-10-22(18-31(21)26(33)15-20)30-13-11-29(3)12-14-30/h5,7-10,15-18H,4,6,11-14H2,1-3H3/b7-5?,20-15?,21-8+. The molecule has 170 valence electrons. The molecule has 33 heavy (non-hydrogen) atoms. The summed E-state index contributed by atoms with van der Waals surface area (Å²) >= 11 is 0. The summed E-state index contributed by atoms with van der Waals surface area (Å²) in [5.41, 5.74) is 6.49. The number of likely N-dealkylation sites (N-methyl/N-ethyl adjacent to an activating group) is 1. The summed E-state index contributed by atoms with van der Waals surface area (Å²) in [4.78, 5) is 24.4. The summed E-state index contributed by atoms with van der Waals surface area (Å²) in [6.07, 6.45) is 17.5. The number of allylic oxidation sites excluding steroid dienone is 6. The molecule has 1 fully saturated rings. The highest BCUT2D eigenvalue weighted by Crippen LogP contribution is 2.26. The molecule has 0 radical (unpaired) electrons. The minimum Gasteiger partial charge on any atom is -0.368 e. The zero-order chi connectivity index (χ0) is 22.9. The average Bonchev–Trinajstić information content (AvgIpc) is 3.22. The predicted octanol–water partition coefficient (Wildman–Crippen LogP) is 3.31. The fraction of sp³-hybridized carbons (Fsp3) is 0.346. The Labute approximate surface area is 194 Å². The fourth-order valence-electron chi connectivity index (χ4n) is 4.49. The number of carbonyl (C=O) groups is 1. The Morgan fingerprint density at radius 1 is 1.06 bits per heavy atom. The van der Waals surface area contributed by atoms with Gasteiger partial charge in [0.05, 0.1) is 34.5 Å². The van der Waals surface area contributed by atoms with Gasteiger partial charge in [0.1, 0.15) is 0 Å². The quantitative estimate of drug-likeness (QED) is 0.727. The van der Waals surface area contributed by atoms with E-state index in [-0.39, 0.29) is 5.91 Å². The smallest absolute Gasteiger partial charge is 0.255 e. The number of hydrogen-bond acceptors (Lipinski definition) is 5. The minimum absolute atomic E-state index is 0.0725. The molecule has 0 saturated carbocycles. The highest BCUT2D eigenvalue weighted by Gasteiger charge is 2.23. The second-order valence-corrected chi connectivity index (χ2v) is 8.87. The van der Waals surface area contributed by atoms with Crippen molar-refractivity contribution in [3.05, 3.63) is 83.4 Å². The van der Waals surface area contributed by atoms with Crippen molar-refractivity contribution in [3.63, 3.8) is 0 Å². The van der Waals surface area contributed by atoms with E-state index in [0.29, 0.717) is 0 Å². The number of nitrogens with zero attached hydrogens (tertiary/aromatic N) is 6. The summed E-state index contributed by atoms with van der Waals surface area (Å²) < 4.78 is 1.89. The molecule has 1 saturated heterocycles. The molecule has 2 aromatic rings. The average molecular weight is 443 g/mol. The molecule has 0 N–H and O–H groups in total. The first kappa shape index (κ1) is 21.4. The number of piperazine rings is 1. The molecule has 0 spiro atoms. The van der Waals surface area contributed by atoms with Crippen molar-refractivity contribution in [3.8, 4) is 0 Å². The van der Waals surface area contributed by atoms with E-state index in [1.165, 1.54) is 0 Å². The van der Waals surface area contributed by atoms with E-state index >= 15 is 0 Å². The number of aryl methyl sites for hydroxylation is 2. The molecule has 0 unspecified atom stereocenters. The van der Waals surface area contributed by atoms with Crippen LogP contribution in [0.15, 0.2) is 66.3 Å². The van der Waals surface area contributed by atoms with Gasteiger partial charge in [-0.2, -0.15) is 5.10 Å². The van der Waals surface area contributed by atoms with E-state index in [1.807, 2.05) is 54.2 Å². The second-order valence-electron chi connectivity index (χ2n) is 8.87. The van der Waals surface area contributed by atoms with Gasteiger partial charge in [-0.25, -0.2) is 4.52 Å². The van der Waals surface area contributed by atoms with E-state index in [4.69, 9.17) is 10.1 Å². The van der Waals surface area contributed by atoms with Crippen LogP contribution in [0.25, 0.3) is 11.1 Å². The van der Waals surface area contributed by atoms with Gasteiger partial charge in [0.25, 0.3) is 5.91 Å². The van der Waals surface area contributed by atoms with E-state index in [9.17, 15) is 4.79 Å². The molecule has 7 nitrogen and oxygen atoms in total. The van der Waals surface area contributed by atoms with Crippen LogP contribution in [0.1, 0.15) is 30.4 Å². The number of hydrogen-bond donors (Lipinski definition) is 0. The van der Waals surface area contributed by atoms with Crippen LogP contribution in [-0.4, -0.2) is 68.4 Å². The third-order valence-electron chi connectivity index (χ3n) is 6.33. The van der Waals surface area contributed by atoms with E-state index < -0.39 is 0 Å². The molecule has 0 aliphatic carbocycles. The number of aromatic nitrogens is 3. The lowest BCUT2D eigenvalue weighted by molar-refractivity contribution is -0.122. The zero-order valence-electron chi connectivity index (χ0n) is 19.5. The molecular formula is C26H30N6O. The minimum atomic E-state index is -0.0725. The van der Waals surface area contributed by atoms with Crippen LogP contribution in [0.4, 0.5) is 0 Å². The molecule has 0 atom stereocenters. The van der Waals surface area contributed by atoms with Crippen LogP contribution in [0.3, 0.4) is 0 Å². The Bertz CT molecular complexity index is 1240. The van der Waals surface area contributed by atoms with E-state index in [0.717, 1.165) is 78.6 Å². The maximum absolute atomic E-state index is 13.3. The van der Waals surface area contributed by atoms with Crippen molar-refractivity contribution in [2.75, 3.05) is 33.2 Å². The monoisotopic (exact) mass is 442 g/mol. The van der Waals surface area contributed by atoms with Crippen molar-refractivity contribution in [1.29, 1.82) is 0 Å². The second kappa shape index (κ2) is 8.83. The van der Waals surface area contributed by atoms with E-state index in [2.05, 4.69) is 29.8 Å². The summed E-state index contributed by atoms with van der Waals surface area (Å²) in [5.74, 6) is -0.0725. The van der Waals surface area contributed by atoms with Crippen molar-refractivity contribution in [2.24, 2.45) is 0 Å². The molecule has 1 amide bonds. The maximum Gasteiger partial charge on any atom is 0.255 e. The lowest BCUT2D eigenvalue weighted by Gasteiger charge is -2.36. The lowest BCUT2D eigenvalue weighted by atomic mass is 10.1. The Morgan fingerprint density at radius 3 is 2.64 bits per heavy atom. The molecule has 5 heterocycles. The Balaban J connectivity index is 1.47. The molecule has 2 aromatic heterocycles. The van der Waals surface area contributed by atoms with Crippen LogP contribution in [0, 0.1) is 6.92 Å². The van der Waals surface area contributed by atoms with Crippen LogP contribution >= 0.6 is 0 Å². The van der Waals surface area contributed by atoms with Gasteiger partial charge in [-0.1, -0.05) is 25.5 Å². The summed E-state index contributed by atoms with van der Waals surface area (Å²) in [5, 5.41) is 4.77. The van der Waals surface area contributed by atoms with Crippen LogP contribution in [0.5, 0.6) is 0 Å². The largest absolute Gasteiger partial charge is 0.368 e. The van der Waals surface area contributed by atoms with Crippen LogP contribution in [-0.2, 0) is 11.2 Å². The van der Waals surface area contributed by atoms with Crippen molar-refractivity contribution >= 4 is 17.0 Å². The van der Waals surface area contributed by atoms with Gasteiger partial charge in [0.15, 0.2) is 0 Å². The molecule has 7 heteroatoms. The molecule has 0 aromatic carbocycles. The Morgan fingerprint density at radius 2 is 1.85 bits per heavy atom. The van der Waals surface area contributed by atoms with Crippen LogP contribution in [0.2, 0.25) is 0 Å². The van der Waals surface area contributed by atoms with Gasteiger partial charge < -0.3 is 9.80 Å². The van der Waals surface area contributed by atoms with Crippen molar-refractivity contribution in [2.45, 2.75) is 26.7 Å². The van der Waals surface area contributed by atoms with Crippen molar-refractivity contribution < 1.29 is 4.79 Å². The van der Waals surface area contributed by atoms with Crippen molar-refractivity contribution in [1.82, 2.24) is 29.3 Å². The molecule has 5 rings (SSSR count). The number of amides is 1. The number of fused-ring (bicyclic) bond motifs is 2. The number of carbonyl (C=O) groups excluding carboxylic acids is 1. The van der Waals surface area contributed by atoms with Gasteiger partial charge in [-0.15, -0.1) is 0 Å². The first-order valence-electron chi connectivity index (χ1n) is 11.6.